The molecule has 11 heteroatoms. The SMILES string of the molecule is O=c1[nH]c2ccc(C(F)(F)F)cc2c(-c2cc(Cl)ccc2O)c1SCC(O)CCN1CCCCC1CO. The van der Waals surface area contributed by atoms with Gasteiger partial charge in [-0.15, -0.1) is 11.8 Å². The number of fused-ring (bicyclic) bond motifs is 1. The molecule has 0 saturated carbocycles. The molecule has 200 valence electrons. The minimum atomic E-state index is -4.61. The molecule has 0 amide bonds. The van der Waals surface area contributed by atoms with Gasteiger partial charge < -0.3 is 20.3 Å². The minimum absolute atomic E-state index is 0.0592. The van der Waals surface area contributed by atoms with Crippen LogP contribution in [0, 0.1) is 0 Å². The third kappa shape index (κ3) is 6.43. The number of aromatic amines is 1. The number of nitrogens with zero attached hydrogens (tertiary/aromatic N) is 1. The fourth-order valence-electron chi connectivity index (χ4n) is 4.70. The monoisotopic (exact) mass is 556 g/mol. The topological polar surface area (TPSA) is 96.8 Å². The van der Waals surface area contributed by atoms with Gasteiger partial charge in [-0.1, -0.05) is 18.0 Å². The Hall–Kier alpha value is -2.24. The van der Waals surface area contributed by atoms with Crippen molar-refractivity contribution in [3.8, 4) is 16.9 Å². The van der Waals surface area contributed by atoms with Crippen molar-refractivity contribution >= 4 is 34.3 Å². The Bertz CT molecular complexity index is 1320. The standard InChI is InChI=1S/C26H28ClF3N2O4S/c27-16-5-7-22(35)20(12-16)23-19-11-15(26(28,29)30)4-6-21(19)31-25(36)24(23)37-14-18(34)8-10-32-9-2-1-3-17(32)13-33/h4-7,11-12,17-18,33-35H,1-3,8-10,13-14H2,(H,31,36). The summed E-state index contributed by atoms with van der Waals surface area (Å²) in [5, 5.41) is 31.2. The normalized spacial score (nSPS) is 17.8. The molecule has 2 atom stereocenters. The van der Waals surface area contributed by atoms with E-state index in [0.717, 1.165) is 49.7 Å². The van der Waals surface area contributed by atoms with Gasteiger partial charge in [0.2, 0.25) is 0 Å². The molecule has 1 saturated heterocycles. The molecule has 2 heterocycles. The molecule has 0 aliphatic carbocycles. The summed E-state index contributed by atoms with van der Waals surface area (Å²) in [4.78, 5) is 17.9. The van der Waals surface area contributed by atoms with Crippen LogP contribution in [-0.4, -0.2) is 62.8 Å². The number of aliphatic hydroxyl groups is 2. The molecule has 1 fully saturated rings. The summed E-state index contributed by atoms with van der Waals surface area (Å²) in [6, 6.07) is 7.23. The number of nitrogens with one attached hydrogen (secondary N) is 1. The molecule has 4 rings (SSSR count). The molecule has 1 aliphatic rings. The van der Waals surface area contributed by atoms with Crippen LogP contribution in [0.15, 0.2) is 46.1 Å². The number of halogens is 4. The van der Waals surface area contributed by atoms with Gasteiger partial charge in [0.15, 0.2) is 0 Å². The van der Waals surface area contributed by atoms with E-state index >= 15 is 0 Å². The molecule has 0 spiro atoms. The van der Waals surface area contributed by atoms with E-state index in [0.29, 0.717) is 13.0 Å². The lowest BCUT2D eigenvalue weighted by Crippen LogP contribution is -2.43. The Balaban J connectivity index is 1.68. The van der Waals surface area contributed by atoms with Gasteiger partial charge in [-0.3, -0.25) is 9.69 Å². The van der Waals surface area contributed by atoms with Crippen LogP contribution in [0.3, 0.4) is 0 Å². The van der Waals surface area contributed by atoms with Crippen molar-refractivity contribution in [3.05, 3.63) is 57.3 Å². The van der Waals surface area contributed by atoms with E-state index in [-0.39, 0.29) is 56.1 Å². The molecule has 2 aromatic carbocycles. The zero-order valence-corrected chi connectivity index (χ0v) is 21.5. The second-order valence-electron chi connectivity index (χ2n) is 9.20. The number of aromatic nitrogens is 1. The maximum Gasteiger partial charge on any atom is 0.416 e. The van der Waals surface area contributed by atoms with Crippen LogP contribution in [0.25, 0.3) is 22.0 Å². The zero-order valence-electron chi connectivity index (χ0n) is 19.9. The number of piperidine rings is 1. The molecule has 0 radical (unpaired) electrons. The van der Waals surface area contributed by atoms with E-state index in [2.05, 4.69) is 9.88 Å². The Morgan fingerprint density at radius 1 is 1.19 bits per heavy atom. The third-order valence-corrected chi connectivity index (χ3v) is 8.12. The van der Waals surface area contributed by atoms with Crippen molar-refractivity contribution in [1.29, 1.82) is 0 Å². The third-order valence-electron chi connectivity index (χ3n) is 6.66. The molecule has 37 heavy (non-hydrogen) atoms. The van der Waals surface area contributed by atoms with E-state index < -0.39 is 23.4 Å². The van der Waals surface area contributed by atoms with Crippen LogP contribution < -0.4 is 5.56 Å². The van der Waals surface area contributed by atoms with Crippen molar-refractivity contribution in [1.82, 2.24) is 9.88 Å². The van der Waals surface area contributed by atoms with Crippen LogP contribution in [0.4, 0.5) is 13.2 Å². The van der Waals surface area contributed by atoms with E-state index in [9.17, 15) is 33.3 Å². The number of hydrogen-bond acceptors (Lipinski definition) is 6. The molecule has 1 aromatic heterocycles. The Labute approximate surface area is 221 Å². The summed E-state index contributed by atoms with van der Waals surface area (Å²) in [5.41, 5.74) is -1.02. The van der Waals surface area contributed by atoms with Crippen molar-refractivity contribution in [2.24, 2.45) is 0 Å². The number of alkyl halides is 3. The molecule has 1 aliphatic heterocycles. The van der Waals surface area contributed by atoms with Gasteiger partial charge in [-0.2, -0.15) is 13.2 Å². The van der Waals surface area contributed by atoms with Gasteiger partial charge in [-0.05, 0) is 62.2 Å². The van der Waals surface area contributed by atoms with Crippen LogP contribution in [0.5, 0.6) is 5.75 Å². The number of aliphatic hydroxyl groups excluding tert-OH is 2. The number of pyridine rings is 1. The average molecular weight is 557 g/mol. The quantitative estimate of drug-likeness (QED) is 0.283. The van der Waals surface area contributed by atoms with Crippen molar-refractivity contribution in [2.45, 2.75) is 48.9 Å². The molecular weight excluding hydrogens is 529 g/mol. The number of hydrogen-bond donors (Lipinski definition) is 4. The Morgan fingerprint density at radius 2 is 1.97 bits per heavy atom. The summed E-state index contributed by atoms with van der Waals surface area (Å²) in [7, 11) is 0. The first-order valence-corrected chi connectivity index (χ1v) is 13.4. The Kier molecular flexibility index (Phi) is 8.75. The summed E-state index contributed by atoms with van der Waals surface area (Å²) in [6.07, 6.45) is -2.02. The highest BCUT2D eigenvalue weighted by molar-refractivity contribution is 7.99. The largest absolute Gasteiger partial charge is 0.507 e. The van der Waals surface area contributed by atoms with Gasteiger partial charge in [0, 0.05) is 45.4 Å². The van der Waals surface area contributed by atoms with Crippen molar-refractivity contribution in [3.63, 3.8) is 0 Å². The Morgan fingerprint density at radius 3 is 2.70 bits per heavy atom. The number of thioether (sulfide) groups is 1. The number of H-pyrrole nitrogens is 1. The molecule has 2 unspecified atom stereocenters. The molecular formula is C26H28ClF3N2O4S. The minimum Gasteiger partial charge on any atom is -0.507 e. The number of phenols is 1. The fourth-order valence-corrected chi connectivity index (χ4v) is 5.95. The number of rotatable bonds is 8. The van der Waals surface area contributed by atoms with E-state index in [4.69, 9.17) is 11.6 Å². The summed E-state index contributed by atoms with van der Waals surface area (Å²) in [5.74, 6) is -0.129. The second kappa shape index (κ2) is 11.7. The number of likely N-dealkylation sites (tertiary alicyclic amines) is 1. The molecule has 6 nitrogen and oxygen atoms in total. The lowest BCUT2D eigenvalue weighted by atomic mass is 9.98. The molecule has 4 N–H and O–H groups in total. The lowest BCUT2D eigenvalue weighted by Gasteiger charge is -2.35. The first-order chi connectivity index (χ1) is 17.6. The van der Waals surface area contributed by atoms with Gasteiger partial charge in [0.05, 0.1) is 23.2 Å². The van der Waals surface area contributed by atoms with Crippen molar-refractivity contribution < 1.29 is 28.5 Å². The van der Waals surface area contributed by atoms with Gasteiger partial charge in [-0.25, -0.2) is 0 Å². The second-order valence-corrected chi connectivity index (χ2v) is 10.7. The molecule has 0 bridgehead atoms. The van der Waals surface area contributed by atoms with Crippen LogP contribution >= 0.6 is 23.4 Å². The van der Waals surface area contributed by atoms with E-state index in [1.807, 2.05) is 0 Å². The van der Waals surface area contributed by atoms with E-state index in [1.165, 1.54) is 24.3 Å². The van der Waals surface area contributed by atoms with Crippen LogP contribution in [-0.2, 0) is 6.18 Å². The smallest absolute Gasteiger partial charge is 0.416 e. The first-order valence-electron chi connectivity index (χ1n) is 12.0. The summed E-state index contributed by atoms with van der Waals surface area (Å²) < 4.78 is 40.6. The van der Waals surface area contributed by atoms with Crippen LogP contribution in [0.2, 0.25) is 5.02 Å². The summed E-state index contributed by atoms with van der Waals surface area (Å²) in [6.45, 7) is 1.48. The highest BCUT2D eigenvalue weighted by Gasteiger charge is 2.31. The highest BCUT2D eigenvalue weighted by atomic mass is 35.5. The number of aromatic hydroxyl groups is 1. The average Bonchev–Trinajstić information content (AvgIpc) is 2.86. The highest BCUT2D eigenvalue weighted by Crippen LogP contribution is 2.42. The number of benzene rings is 2. The summed E-state index contributed by atoms with van der Waals surface area (Å²) >= 11 is 7.15. The molecule has 3 aromatic rings. The zero-order chi connectivity index (χ0) is 26.7. The maximum atomic E-state index is 13.5. The van der Waals surface area contributed by atoms with E-state index in [1.54, 1.807) is 0 Å². The van der Waals surface area contributed by atoms with Gasteiger partial charge in [0.25, 0.3) is 5.56 Å². The number of phenolic OH excluding ortho intramolecular Hbond substituents is 1. The lowest BCUT2D eigenvalue weighted by molar-refractivity contribution is -0.137. The van der Waals surface area contributed by atoms with Crippen LogP contribution in [0.1, 0.15) is 31.2 Å². The predicted octanol–water partition coefficient (Wildman–Crippen LogP) is 5.26. The van der Waals surface area contributed by atoms with Gasteiger partial charge in [0.1, 0.15) is 5.75 Å². The predicted molar refractivity (Wildman–Crippen MR) is 139 cm³/mol. The van der Waals surface area contributed by atoms with Crippen molar-refractivity contribution in [2.75, 3.05) is 25.4 Å². The maximum absolute atomic E-state index is 13.5. The van der Waals surface area contributed by atoms with Gasteiger partial charge >= 0.3 is 6.18 Å². The first kappa shape index (κ1) is 27.8. The fraction of sp³-hybridized carbons (Fsp3) is 0.423.